The summed E-state index contributed by atoms with van der Waals surface area (Å²) in [7, 11) is 0. The number of fused-ring (bicyclic) bond motifs is 1. The molecule has 1 aliphatic heterocycles. The minimum absolute atomic E-state index is 0.133. The molecule has 1 N–H and O–H groups in total. The number of likely N-dealkylation sites (tertiary alicyclic amines) is 1. The SMILES string of the molecule is Cc1cc(Br)c2c(c1O)[C@@]13CCN(CC4CC4)C(C2)C1CCC(=O)C3. The first-order valence-electron chi connectivity index (χ1n) is 9.77. The lowest BCUT2D eigenvalue weighted by Crippen LogP contribution is -2.62. The van der Waals surface area contributed by atoms with Gasteiger partial charge in [0.1, 0.15) is 11.5 Å². The predicted octanol–water partition coefficient (Wildman–Crippen LogP) is 4.11. The lowest BCUT2D eigenvalue weighted by molar-refractivity contribution is -0.127. The summed E-state index contributed by atoms with van der Waals surface area (Å²) in [5.41, 5.74) is 3.17. The van der Waals surface area contributed by atoms with Gasteiger partial charge < -0.3 is 5.11 Å². The Balaban J connectivity index is 1.67. The highest BCUT2D eigenvalue weighted by Gasteiger charge is 2.57. The number of Topliss-reactive ketones (excluding diaryl/α,β-unsaturated/α-hetero) is 1. The van der Waals surface area contributed by atoms with Gasteiger partial charge >= 0.3 is 0 Å². The van der Waals surface area contributed by atoms with Crippen LogP contribution < -0.4 is 0 Å². The number of carbonyl (C=O) groups is 1. The van der Waals surface area contributed by atoms with Crippen LogP contribution >= 0.6 is 15.9 Å². The fraction of sp³-hybridized carbons (Fsp3) is 0.667. The number of halogens is 1. The van der Waals surface area contributed by atoms with Gasteiger partial charge in [-0.2, -0.15) is 0 Å². The second-order valence-corrected chi connectivity index (χ2v) is 9.71. The minimum atomic E-state index is -0.133. The molecule has 4 heteroatoms. The van der Waals surface area contributed by atoms with E-state index in [1.165, 1.54) is 24.9 Å². The summed E-state index contributed by atoms with van der Waals surface area (Å²) in [6, 6.07) is 2.59. The molecule has 3 atom stereocenters. The van der Waals surface area contributed by atoms with E-state index in [-0.39, 0.29) is 5.41 Å². The van der Waals surface area contributed by atoms with Crippen molar-refractivity contribution in [1.82, 2.24) is 4.90 Å². The molecular weight excluding hydrogens is 378 g/mol. The van der Waals surface area contributed by atoms with Gasteiger partial charge in [0.2, 0.25) is 0 Å². The van der Waals surface area contributed by atoms with E-state index in [9.17, 15) is 9.90 Å². The topological polar surface area (TPSA) is 40.5 Å². The van der Waals surface area contributed by atoms with E-state index in [2.05, 4.69) is 26.9 Å². The number of aromatic hydroxyl groups is 1. The molecule has 3 nitrogen and oxygen atoms in total. The first kappa shape index (κ1) is 16.3. The number of piperidine rings is 1. The Bertz CT molecular complexity index is 757. The second kappa shape index (κ2) is 5.56. The molecule has 1 aromatic rings. The normalized spacial score (nSPS) is 34.6. The summed E-state index contributed by atoms with van der Waals surface area (Å²) in [4.78, 5) is 15.2. The van der Waals surface area contributed by atoms with Gasteiger partial charge in [-0.3, -0.25) is 9.69 Å². The van der Waals surface area contributed by atoms with E-state index in [0.717, 1.165) is 53.7 Å². The van der Waals surface area contributed by atoms with Crippen LogP contribution in [-0.2, 0) is 16.6 Å². The first-order valence-corrected chi connectivity index (χ1v) is 10.6. The van der Waals surface area contributed by atoms with Crippen molar-refractivity contribution in [3.05, 3.63) is 27.2 Å². The van der Waals surface area contributed by atoms with Crippen molar-refractivity contribution in [3.63, 3.8) is 0 Å². The van der Waals surface area contributed by atoms with Crippen molar-refractivity contribution in [3.8, 4) is 5.75 Å². The number of ketones is 1. The van der Waals surface area contributed by atoms with E-state index >= 15 is 0 Å². The maximum Gasteiger partial charge on any atom is 0.133 e. The molecule has 0 radical (unpaired) electrons. The molecule has 0 amide bonds. The largest absolute Gasteiger partial charge is 0.507 e. The van der Waals surface area contributed by atoms with Crippen molar-refractivity contribution in [1.29, 1.82) is 0 Å². The Morgan fingerprint density at radius 2 is 2.16 bits per heavy atom. The molecular formula is C21H26BrNO2. The molecule has 134 valence electrons. The van der Waals surface area contributed by atoms with Crippen LogP contribution in [0, 0.1) is 18.8 Å². The number of hydrogen-bond donors (Lipinski definition) is 1. The first-order chi connectivity index (χ1) is 12.0. The number of carbonyl (C=O) groups excluding carboxylic acids is 1. The summed E-state index contributed by atoms with van der Waals surface area (Å²) >= 11 is 3.77. The van der Waals surface area contributed by atoms with Gasteiger partial charge in [-0.15, -0.1) is 0 Å². The van der Waals surface area contributed by atoms with Crippen LogP contribution in [0.5, 0.6) is 5.75 Å². The molecule has 3 aliphatic carbocycles. The Kier molecular flexibility index (Phi) is 3.63. The standard InChI is InChI=1S/C21H26BrNO2/c1-12-8-17(22)15-9-18-16-5-4-14(24)10-21(16,19(15)20(12)25)6-7-23(18)11-13-2-3-13/h8,13,16,18,25H,2-7,9-11H2,1H3/t16?,18?,21-/m1/s1. The molecule has 5 rings (SSSR count). The van der Waals surface area contributed by atoms with E-state index < -0.39 is 0 Å². The summed E-state index contributed by atoms with van der Waals surface area (Å²) in [6.45, 7) is 4.29. The van der Waals surface area contributed by atoms with Gasteiger partial charge in [0.15, 0.2) is 0 Å². The molecule has 4 aliphatic rings. The molecule has 1 aromatic carbocycles. The average molecular weight is 404 g/mol. The van der Waals surface area contributed by atoms with E-state index in [1.54, 1.807) is 0 Å². The van der Waals surface area contributed by atoms with Gasteiger partial charge in [-0.05, 0) is 74.6 Å². The summed E-state index contributed by atoms with van der Waals surface area (Å²) in [6.07, 6.45) is 7.15. The van der Waals surface area contributed by atoms with Crippen LogP contribution in [0.3, 0.4) is 0 Å². The number of hydrogen-bond acceptors (Lipinski definition) is 3. The average Bonchev–Trinajstić information content (AvgIpc) is 3.38. The van der Waals surface area contributed by atoms with Crippen molar-refractivity contribution in [2.75, 3.05) is 13.1 Å². The molecule has 1 saturated heterocycles. The summed E-state index contributed by atoms with van der Waals surface area (Å²) in [5.74, 6) is 2.25. The van der Waals surface area contributed by atoms with Crippen molar-refractivity contribution in [2.45, 2.75) is 63.3 Å². The third kappa shape index (κ3) is 2.36. The summed E-state index contributed by atoms with van der Waals surface area (Å²) in [5, 5.41) is 11.0. The predicted molar refractivity (Wildman–Crippen MR) is 101 cm³/mol. The number of phenolic OH excluding ortho intramolecular Hbond substituents is 1. The zero-order valence-electron chi connectivity index (χ0n) is 14.9. The molecule has 3 fully saturated rings. The van der Waals surface area contributed by atoms with Crippen LogP contribution in [0.15, 0.2) is 10.5 Å². The fourth-order valence-electron chi connectivity index (χ4n) is 6.04. The summed E-state index contributed by atoms with van der Waals surface area (Å²) < 4.78 is 1.12. The molecule has 2 bridgehead atoms. The minimum Gasteiger partial charge on any atom is -0.507 e. The zero-order chi connectivity index (χ0) is 17.3. The van der Waals surface area contributed by atoms with Gasteiger partial charge in [0.25, 0.3) is 0 Å². The smallest absolute Gasteiger partial charge is 0.133 e. The van der Waals surface area contributed by atoms with Gasteiger partial charge in [-0.25, -0.2) is 0 Å². The Hall–Kier alpha value is -0.870. The van der Waals surface area contributed by atoms with Crippen LogP contribution in [0.2, 0.25) is 0 Å². The number of phenols is 1. The van der Waals surface area contributed by atoms with Crippen LogP contribution in [0.4, 0.5) is 0 Å². The molecule has 1 heterocycles. The van der Waals surface area contributed by atoms with E-state index in [4.69, 9.17) is 0 Å². The highest BCUT2D eigenvalue weighted by Crippen LogP contribution is 2.59. The Labute approximate surface area is 157 Å². The third-order valence-corrected chi connectivity index (χ3v) is 8.09. The monoisotopic (exact) mass is 403 g/mol. The molecule has 0 aromatic heterocycles. The van der Waals surface area contributed by atoms with Crippen LogP contribution in [0.1, 0.15) is 55.2 Å². The molecule has 0 spiro atoms. The lowest BCUT2D eigenvalue weighted by atomic mass is 9.51. The van der Waals surface area contributed by atoms with Gasteiger partial charge in [0.05, 0.1) is 0 Å². The number of benzene rings is 1. The number of nitrogens with zero attached hydrogens (tertiary/aromatic N) is 1. The number of aryl methyl sites for hydroxylation is 1. The van der Waals surface area contributed by atoms with Crippen molar-refractivity contribution >= 4 is 21.7 Å². The van der Waals surface area contributed by atoms with E-state index in [1.807, 2.05) is 6.92 Å². The maximum absolute atomic E-state index is 12.5. The van der Waals surface area contributed by atoms with Gasteiger partial charge in [-0.1, -0.05) is 15.9 Å². The highest BCUT2D eigenvalue weighted by molar-refractivity contribution is 9.10. The van der Waals surface area contributed by atoms with Crippen molar-refractivity contribution < 1.29 is 9.90 Å². The number of rotatable bonds is 2. The lowest BCUT2D eigenvalue weighted by Gasteiger charge is -2.59. The third-order valence-electron chi connectivity index (χ3n) is 7.38. The second-order valence-electron chi connectivity index (χ2n) is 8.85. The zero-order valence-corrected chi connectivity index (χ0v) is 16.4. The van der Waals surface area contributed by atoms with Crippen LogP contribution in [0.25, 0.3) is 0 Å². The highest BCUT2D eigenvalue weighted by atomic mass is 79.9. The molecule has 2 unspecified atom stereocenters. The van der Waals surface area contributed by atoms with Crippen LogP contribution in [-0.4, -0.2) is 34.9 Å². The van der Waals surface area contributed by atoms with E-state index in [0.29, 0.717) is 29.9 Å². The fourth-order valence-corrected chi connectivity index (χ4v) is 6.74. The maximum atomic E-state index is 12.5. The van der Waals surface area contributed by atoms with Gasteiger partial charge in [0, 0.05) is 40.9 Å². The molecule has 2 saturated carbocycles. The Morgan fingerprint density at radius 1 is 1.36 bits per heavy atom. The Morgan fingerprint density at radius 3 is 2.92 bits per heavy atom. The quantitative estimate of drug-likeness (QED) is 0.807. The molecule has 25 heavy (non-hydrogen) atoms. The van der Waals surface area contributed by atoms with Crippen molar-refractivity contribution in [2.24, 2.45) is 11.8 Å².